The molecular formula is C11H9N5. The van der Waals surface area contributed by atoms with Crippen LogP contribution in [0.2, 0.25) is 0 Å². The van der Waals surface area contributed by atoms with Gasteiger partial charge in [0.05, 0.1) is 5.69 Å². The van der Waals surface area contributed by atoms with E-state index in [0.717, 1.165) is 17.0 Å². The maximum atomic E-state index is 8.35. The van der Waals surface area contributed by atoms with E-state index in [9.17, 15) is 0 Å². The lowest BCUT2D eigenvalue weighted by Gasteiger charge is -2.02. The Balaban J connectivity index is 2.53. The minimum atomic E-state index is 0.154. The van der Waals surface area contributed by atoms with Gasteiger partial charge in [0.2, 0.25) is 5.95 Å². The minimum Gasteiger partial charge on any atom is -0.232 e. The van der Waals surface area contributed by atoms with Gasteiger partial charge >= 0.3 is 0 Å². The van der Waals surface area contributed by atoms with E-state index >= 15 is 0 Å². The van der Waals surface area contributed by atoms with E-state index in [2.05, 4.69) is 20.0 Å². The number of rotatable bonds is 2. The average molecular weight is 211 g/mol. The van der Waals surface area contributed by atoms with Gasteiger partial charge in [-0.2, -0.15) is 0 Å². The molecule has 78 valence electrons. The Bertz CT molecular complexity index is 544. The van der Waals surface area contributed by atoms with Gasteiger partial charge in [0.15, 0.2) is 0 Å². The van der Waals surface area contributed by atoms with E-state index in [1.807, 2.05) is 43.3 Å². The summed E-state index contributed by atoms with van der Waals surface area (Å²) in [6, 6.07) is 11.5. The normalized spacial score (nSPS) is 9.56. The molecule has 16 heavy (non-hydrogen) atoms. The Morgan fingerprint density at radius 1 is 1.19 bits per heavy atom. The minimum absolute atomic E-state index is 0.154. The Labute approximate surface area is 92.4 Å². The Hall–Kier alpha value is -2.39. The van der Waals surface area contributed by atoms with Crippen LogP contribution < -0.4 is 0 Å². The lowest BCUT2D eigenvalue weighted by atomic mass is 10.1. The highest BCUT2D eigenvalue weighted by Crippen LogP contribution is 2.19. The first-order chi connectivity index (χ1) is 7.79. The van der Waals surface area contributed by atoms with Crippen LogP contribution >= 0.6 is 0 Å². The highest BCUT2D eigenvalue weighted by molar-refractivity contribution is 5.60. The van der Waals surface area contributed by atoms with Gasteiger partial charge in [-0.25, -0.2) is 9.97 Å². The second-order valence-corrected chi connectivity index (χ2v) is 3.25. The van der Waals surface area contributed by atoms with Gasteiger partial charge in [-0.05, 0) is 23.6 Å². The monoisotopic (exact) mass is 211 g/mol. The third-order valence-electron chi connectivity index (χ3n) is 2.05. The van der Waals surface area contributed by atoms with Crippen molar-refractivity contribution >= 4 is 5.95 Å². The molecule has 0 amide bonds. The summed E-state index contributed by atoms with van der Waals surface area (Å²) >= 11 is 0. The fraction of sp³-hybridized carbons (Fsp3) is 0.0909. The molecule has 0 aliphatic carbocycles. The van der Waals surface area contributed by atoms with Crippen molar-refractivity contribution in [2.45, 2.75) is 6.92 Å². The lowest BCUT2D eigenvalue weighted by Crippen LogP contribution is -1.89. The maximum Gasteiger partial charge on any atom is 0.217 e. The number of benzene rings is 1. The molecule has 5 nitrogen and oxygen atoms in total. The van der Waals surface area contributed by atoms with Crippen LogP contribution in [0.3, 0.4) is 0 Å². The summed E-state index contributed by atoms with van der Waals surface area (Å²) in [5, 5.41) is 3.41. The first kappa shape index (κ1) is 10.1. The summed E-state index contributed by atoms with van der Waals surface area (Å²) in [6.07, 6.45) is 0. The third kappa shape index (κ3) is 2.16. The van der Waals surface area contributed by atoms with Crippen molar-refractivity contribution in [2.24, 2.45) is 5.11 Å². The molecule has 0 spiro atoms. The molecular weight excluding hydrogens is 202 g/mol. The molecule has 1 aromatic heterocycles. The van der Waals surface area contributed by atoms with Crippen LogP contribution in [0.1, 0.15) is 5.69 Å². The summed E-state index contributed by atoms with van der Waals surface area (Å²) in [6.45, 7) is 1.84. The van der Waals surface area contributed by atoms with Crippen LogP contribution in [0.25, 0.3) is 21.7 Å². The van der Waals surface area contributed by atoms with Crippen molar-refractivity contribution in [3.8, 4) is 11.3 Å². The number of nitrogens with zero attached hydrogens (tertiary/aromatic N) is 5. The van der Waals surface area contributed by atoms with Gasteiger partial charge in [0, 0.05) is 16.2 Å². The summed E-state index contributed by atoms with van der Waals surface area (Å²) in [7, 11) is 0. The molecule has 0 fully saturated rings. The van der Waals surface area contributed by atoms with Crippen molar-refractivity contribution in [3.05, 3.63) is 52.5 Å². The standard InChI is InChI=1S/C11H9N5/c1-8-7-10(9-5-3-2-4-6-9)14-11(13-8)15-16-12/h2-7H,1H3. The molecule has 0 saturated heterocycles. The molecule has 0 aliphatic rings. The van der Waals surface area contributed by atoms with Crippen molar-refractivity contribution in [3.63, 3.8) is 0 Å². The highest BCUT2D eigenvalue weighted by Gasteiger charge is 2.02. The Kier molecular flexibility index (Phi) is 2.80. The molecule has 0 radical (unpaired) electrons. The summed E-state index contributed by atoms with van der Waals surface area (Å²) in [5.41, 5.74) is 10.9. The molecule has 0 unspecified atom stereocenters. The molecule has 2 aromatic rings. The SMILES string of the molecule is Cc1cc(-c2ccccc2)nc(N=[N+]=[N-])n1. The number of hydrogen-bond donors (Lipinski definition) is 0. The van der Waals surface area contributed by atoms with Crippen LogP contribution in [-0.4, -0.2) is 9.97 Å². The van der Waals surface area contributed by atoms with Gasteiger partial charge in [-0.3, -0.25) is 0 Å². The second kappa shape index (κ2) is 4.42. The highest BCUT2D eigenvalue weighted by atomic mass is 15.2. The molecule has 5 heteroatoms. The van der Waals surface area contributed by atoms with Crippen LogP contribution in [0.4, 0.5) is 5.95 Å². The van der Waals surface area contributed by atoms with Crippen molar-refractivity contribution < 1.29 is 0 Å². The number of azide groups is 1. The van der Waals surface area contributed by atoms with Crippen molar-refractivity contribution in [1.29, 1.82) is 0 Å². The largest absolute Gasteiger partial charge is 0.232 e. The number of hydrogen-bond acceptors (Lipinski definition) is 3. The van der Waals surface area contributed by atoms with Gasteiger partial charge in [0.1, 0.15) is 0 Å². The predicted octanol–water partition coefficient (Wildman–Crippen LogP) is 3.39. The maximum absolute atomic E-state index is 8.35. The Morgan fingerprint density at radius 2 is 1.94 bits per heavy atom. The van der Waals surface area contributed by atoms with Crippen molar-refractivity contribution in [1.82, 2.24) is 9.97 Å². The number of aryl methyl sites for hydroxylation is 1. The van der Waals surface area contributed by atoms with Crippen LogP contribution in [0, 0.1) is 6.92 Å². The molecule has 2 rings (SSSR count). The first-order valence-corrected chi connectivity index (χ1v) is 4.76. The van der Waals surface area contributed by atoms with E-state index in [1.54, 1.807) is 0 Å². The molecule has 0 aliphatic heterocycles. The van der Waals surface area contributed by atoms with E-state index in [4.69, 9.17) is 5.53 Å². The molecule has 1 heterocycles. The average Bonchev–Trinajstić information content (AvgIpc) is 2.30. The number of aromatic nitrogens is 2. The first-order valence-electron chi connectivity index (χ1n) is 4.76. The van der Waals surface area contributed by atoms with Gasteiger partial charge in [-0.15, -0.1) is 0 Å². The zero-order valence-electron chi connectivity index (χ0n) is 8.70. The predicted molar refractivity (Wildman–Crippen MR) is 61.0 cm³/mol. The van der Waals surface area contributed by atoms with Crippen LogP contribution in [0.15, 0.2) is 41.5 Å². The lowest BCUT2D eigenvalue weighted by molar-refractivity contribution is 1.08. The van der Waals surface area contributed by atoms with Gasteiger partial charge < -0.3 is 0 Å². The summed E-state index contributed by atoms with van der Waals surface area (Å²) < 4.78 is 0. The molecule has 0 bridgehead atoms. The second-order valence-electron chi connectivity index (χ2n) is 3.25. The zero-order valence-corrected chi connectivity index (χ0v) is 8.70. The van der Waals surface area contributed by atoms with Crippen LogP contribution in [-0.2, 0) is 0 Å². The van der Waals surface area contributed by atoms with E-state index < -0.39 is 0 Å². The fourth-order valence-corrected chi connectivity index (χ4v) is 1.39. The summed E-state index contributed by atoms with van der Waals surface area (Å²) in [5.74, 6) is 0.154. The third-order valence-corrected chi connectivity index (χ3v) is 2.05. The Morgan fingerprint density at radius 3 is 2.62 bits per heavy atom. The molecule has 1 aromatic carbocycles. The van der Waals surface area contributed by atoms with Crippen LogP contribution in [0.5, 0.6) is 0 Å². The van der Waals surface area contributed by atoms with E-state index in [-0.39, 0.29) is 5.95 Å². The molecule has 0 saturated carbocycles. The van der Waals surface area contributed by atoms with E-state index in [0.29, 0.717) is 0 Å². The smallest absolute Gasteiger partial charge is 0.217 e. The van der Waals surface area contributed by atoms with Gasteiger partial charge in [-0.1, -0.05) is 30.3 Å². The van der Waals surface area contributed by atoms with Crippen molar-refractivity contribution in [2.75, 3.05) is 0 Å². The van der Waals surface area contributed by atoms with Gasteiger partial charge in [0.25, 0.3) is 0 Å². The fourth-order valence-electron chi connectivity index (χ4n) is 1.39. The molecule has 0 atom stereocenters. The zero-order chi connectivity index (χ0) is 11.4. The molecule has 0 N–H and O–H groups in total. The summed E-state index contributed by atoms with van der Waals surface area (Å²) in [4.78, 5) is 10.9. The van der Waals surface area contributed by atoms with E-state index in [1.165, 1.54) is 0 Å². The topological polar surface area (TPSA) is 74.5 Å². The quantitative estimate of drug-likeness (QED) is 0.433.